The van der Waals surface area contributed by atoms with E-state index >= 15 is 0 Å². The first-order valence-electron chi connectivity index (χ1n) is 10.6. The van der Waals surface area contributed by atoms with Gasteiger partial charge in [-0.1, -0.05) is 0 Å². The molecule has 3 heterocycles. The van der Waals surface area contributed by atoms with Crippen LogP contribution < -0.4 is 16.4 Å². The Morgan fingerprint density at radius 2 is 1.97 bits per heavy atom. The van der Waals surface area contributed by atoms with Gasteiger partial charge in [-0.05, 0) is 46.5 Å². The molecule has 4 N–H and O–H groups in total. The average Bonchev–Trinajstić information content (AvgIpc) is 3.03. The molecule has 1 saturated carbocycles. The van der Waals surface area contributed by atoms with Gasteiger partial charge in [-0.15, -0.1) is 0 Å². The normalized spacial score (nSPS) is 30.5. The van der Waals surface area contributed by atoms with Crippen molar-refractivity contribution in [1.82, 2.24) is 15.5 Å². The topological polar surface area (TPSA) is 131 Å². The molecule has 4 fully saturated rings. The fourth-order valence-electron chi connectivity index (χ4n) is 4.74. The number of amides is 4. The summed E-state index contributed by atoms with van der Waals surface area (Å²) in [5, 5.41) is 5.06. The van der Waals surface area contributed by atoms with Crippen molar-refractivity contribution < 1.29 is 32.7 Å². The molecule has 4 aliphatic rings. The number of nitrogens with zero attached hydrogens (tertiary/aromatic N) is 1. The number of primary amides is 1. The fourth-order valence-corrected chi connectivity index (χ4v) is 4.74. The summed E-state index contributed by atoms with van der Waals surface area (Å²) >= 11 is 0. The second-order valence-corrected chi connectivity index (χ2v) is 9.61. The van der Waals surface area contributed by atoms with Crippen molar-refractivity contribution in [3.8, 4) is 0 Å². The van der Waals surface area contributed by atoms with Crippen LogP contribution >= 0.6 is 0 Å². The second kappa shape index (κ2) is 8.23. The minimum Gasteiger partial charge on any atom is -0.444 e. The minimum atomic E-state index is -3.13. The predicted molar refractivity (Wildman–Crippen MR) is 105 cm³/mol. The molecule has 5 atom stereocenters. The molecule has 0 aromatic rings. The van der Waals surface area contributed by atoms with Crippen molar-refractivity contribution >= 4 is 23.8 Å². The van der Waals surface area contributed by atoms with Crippen LogP contribution in [0.25, 0.3) is 0 Å². The third kappa shape index (κ3) is 4.90. The Balaban J connectivity index is 1.82. The van der Waals surface area contributed by atoms with Gasteiger partial charge in [0.15, 0.2) is 0 Å². The van der Waals surface area contributed by atoms with Crippen LogP contribution in [-0.2, 0) is 19.1 Å². The molecular weight excluding hydrogens is 414 g/mol. The molecule has 9 nitrogen and oxygen atoms in total. The van der Waals surface area contributed by atoms with Gasteiger partial charge in [0.1, 0.15) is 17.7 Å². The molecule has 11 heteroatoms. The summed E-state index contributed by atoms with van der Waals surface area (Å²) in [5.74, 6) is -7.04. The molecule has 0 spiro atoms. The van der Waals surface area contributed by atoms with E-state index in [0.29, 0.717) is 19.4 Å². The maximum atomic E-state index is 14.7. The lowest BCUT2D eigenvalue weighted by Gasteiger charge is -2.53. The number of alkyl halides is 2. The summed E-state index contributed by atoms with van der Waals surface area (Å²) in [4.78, 5) is 50.8. The van der Waals surface area contributed by atoms with Gasteiger partial charge in [0, 0.05) is 24.9 Å². The molecule has 2 bridgehead atoms. The molecule has 4 rings (SSSR count). The SMILES string of the molecule is CC(C)(C)OC(=O)N1[C@H]2CC[C@@H]([C@@H]1C(=O)N[C@@H](C[C@@H]1CCNC1=O)C(N)=O)C(F)(F)C2. The Labute approximate surface area is 179 Å². The Kier molecular flexibility index (Phi) is 6.16. The zero-order chi connectivity index (χ0) is 23.1. The van der Waals surface area contributed by atoms with E-state index in [4.69, 9.17) is 10.5 Å². The third-order valence-corrected chi connectivity index (χ3v) is 6.15. The van der Waals surface area contributed by atoms with Crippen LogP contribution in [0.4, 0.5) is 13.6 Å². The predicted octanol–water partition coefficient (Wildman–Crippen LogP) is 0.906. The Morgan fingerprint density at radius 3 is 2.48 bits per heavy atom. The highest BCUT2D eigenvalue weighted by Gasteiger charge is 2.61. The minimum absolute atomic E-state index is 0.0312. The first kappa shape index (κ1) is 23.2. The van der Waals surface area contributed by atoms with Gasteiger partial charge in [0.05, 0.1) is 5.92 Å². The lowest BCUT2D eigenvalue weighted by Crippen LogP contribution is -2.69. The zero-order valence-corrected chi connectivity index (χ0v) is 18.0. The number of carbonyl (C=O) groups is 4. The molecule has 0 aromatic carbocycles. The monoisotopic (exact) mass is 444 g/mol. The van der Waals surface area contributed by atoms with Crippen LogP contribution in [-0.4, -0.2) is 64.9 Å². The zero-order valence-electron chi connectivity index (χ0n) is 18.0. The Morgan fingerprint density at radius 1 is 1.29 bits per heavy atom. The number of piperidine rings is 2. The number of fused-ring (bicyclic) bond motifs is 3. The van der Waals surface area contributed by atoms with Gasteiger partial charge in [-0.3, -0.25) is 19.3 Å². The molecule has 0 unspecified atom stereocenters. The molecule has 3 aliphatic heterocycles. The summed E-state index contributed by atoms with van der Waals surface area (Å²) in [6.45, 7) is 5.39. The van der Waals surface area contributed by atoms with Crippen molar-refractivity contribution in [2.45, 2.75) is 82.5 Å². The number of nitrogens with one attached hydrogen (secondary N) is 2. The van der Waals surface area contributed by atoms with E-state index in [1.54, 1.807) is 20.8 Å². The number of carbonyl (C=O) groups excluding carboxylic acids is 4. The van der Waals surface area contributed by atoms with Crippen LogP contribution in [0.3, 0.4) is 0 Å². The largest absolute Gasteiger partial charge is 0.444 e. The summed E-state index contributed by atoms with van der Waals surface area (Å²) in [5.41, 5.74) is 4.53. The van der Waals surface area contributed by atoms with Crippen molar-refractivity contribution in [1.29, 1.82) is 0 Å². The molecule has 0 aromatic heterocycles. The van der Waals surface area contributed by atoms with E-state index in [1.165, 1.54) is 0 Å². The smallest absolute Gasteiger partial charge is 0.411 e. The molecule has 174 valence electrons. The van der Waals surface area contributed by atoms with Crippen molar-refractivity contribution in [3.63, 3.8) is 0 Å². The van der Waals surface area contributed by atoms with Crippen LogP contribution in [0.15, 0.2) is 0 Å². The number of hydrogen-bond acceptors (Lipinski definition) is 5. The number of halogens is 2. The van der Waals surface area contributed by atoms with Crippen LogP contribution in [0.2, 0.25) is 0 Å². The van der Waals surface area contributed by atoms with E-state index in [0.717, 1.165) is 4.90 Å². The highest BCUT2D eigenvalue weighted by Crippen LogP contribution is 2.49. The van der Waals surface area contributed by atoms with Gasteiger partial charge in [-0.25, -0.2) is 13.6 Å². The van der Waals surface area contributed by atoms with Gasteiger partial charge in [-0.2, -0.15) is 0 Å². The lowest BCUT2D eigenvalue weighted by molar-refractivity contribution is -0.184. The first-order valence-corrected chi connectivity index (χ1v) is 10.6. The van der Waals surface area contributed by atoms with E-state index in [-0.39, 0.29) is 18.7 Å². The summed E-state index contributed by atoms with van der Waals surface area (Å²) in [6, 6.07) is -3.55. The summed E-state index contributed by atoms with van der Waals surface area (Å²) in [7, 11) is 0. The van der Waals surface area contributed by atoms with E-state index in [9.17, 15) is 28.0 Å². The van der Waals surface area contributed by atoms with Crippen LogP contribution in [0, 0.1) is 11.8 Å². The molecule has 3 saturated heterocycles. The van der Waals surface area contributed by atoms with Crippen LogP contribution in [0.1, 0.15) is 52.9 Å². The average molecular weight is 444 g/mol. The maximum absolute atomic E-state index is 14.7. The third-order valence-electron chi connectivity index (χ3n) is 6.15. The number of nitrogens with two attached hydrogens (primary N) is 1. The van der Waals surface area contributed by atoms with Crippen molar-refractivity contribution in [2.24, 2.45) is 17.6 Å². The van der Waals surface area contributed by atoms with Crippen molar-refractivity contribution in [2.75, 3.05) is 6.54 Å². The van der Waals surface area contributed by atoms with Gasteiger partial charge >= 0.3 is 6.09 Å². The first-order chi connectivity index (χ1) is 14.3. The number of hydrogen-bond donors (Lipinski definition) is 3. The lowest BCUT2D eigenvalue weighted by atomic mass is 9.71. The Bertz CT molecular complexity index is 769. The van der Waals surface area contributed by atoms with E-state index < -0.39 is 65.8 Å². The molecule has 1 aliphatic carbocycles. The van der Waals surface area contributed by atoms with Gasteiger partial charge in [0.2, 0.25) is 17.7 Å². The van der Waals surface area contributed by atoms with Crippen molar-refractivity contribution in [3.05, 3.63) is 0 Å². The Hall–Kier alpha value is -2.46. The standard InChI is InChI=1S/C20H30F2N4O5/c1-19(2,3)31-18(30)26-11-4-5-12(20(21,22)9-11)14(26)17(29)25-13(15(23)27)8-10-6-7-24-16(10)28/h10-14H,4-9H2,1-3H3,(H2,23,27)(H,24,28)(H,25,29)/t10-,11-,12-,13-,14+/m0/s1. The molecule has 31 heavy (non-hydrogen) atoms. The number of rotatable bonds is 5. The molecular formula is C20H30F2N4O5. The van der Waals surface area contributed by atoms with E-state index in [2.05, 4.69) is 10.6 Å². The summed E-state index contributed by atoms with van der Waals surface area (Å²) < 4.78 is 34.7. The maximum Gasteiger partial charge on any atom is 0.411 e. The molecule has 4 amide bonds. The second-order valence-electron chi connectivity index (χ2n) is 9.61. The van der Waals surface area contributed by atoms with E-state index in [1.807, 2.05) is 0 Å². The fraction of sp³-hybridized carbons (Fsp3) is 0.800. The quantitative estimate of drug-likeness (QED) is 0.580. The van der Waals surface area contributed by atoms with Gasteiger partial charge in [0.25, 0.3) is 5.92 Å². The number of ether oxygens (including phenoxy) is 1. The highest BCUT2D eigenvalue weighted by molar-refractivity contribution is 5.92. The summed E-state index contributed by atoms with van der Waals surface area (Å²) in [6.07, 6.45) is -0.525. The van der Waals surface area contributed by atoms with Gasteiger partial charge < -0.3 is 21.1 Å². The van der Waals surface area contributed by atoms with Crippen LogP contribution in [0.5, 0.6) is 0 Å². The molecule has 0 radical (unpaired) electrons. The highest BCUT2D eigenvalue weighted by atomic mass is 19.3.